The van der Waals surface area contributed by atoms with Crippen molar-refractivity contribution in [1.82, 2.24) is 4.90 Å². The van der Waals surface area contributed by atoms with Crippen LogP contribution in [0, 0.1) is 0 Å². The van der Waals surface area contributed by atoms with Gasteiger partial charge in [-0.1, -0.05) is 6.07 Å². The van der Waals surface area contributed by atoms with Crippen molar-refractivity contribution in [1.29, 1.82) is 0 Å². The molecule has 2 aromatic carbocycles. The largest absolute Gasteiger partial charge is 0.495 e. The Labute approximate surface area is 127 Å². The van der Waals surface area contributed by atoms with E-state index < -0.39 is 5.97 Å². The molecule has 0 atom stereocenters. The summed E-state index contributed by atoms with van der Waals surface area (Å²) >= 11 is 5.09. The Morgan fingerprint density at radius 2 is 1.95 bits per heavy atom. The standard InChI is InChI=1S/C15H15NO4S/c1-16(2)15(21)20-10-5-7-11-9(8-10)4-6-12(14(17)18)13(11)19-3/h4-8H,1-3H3,(H,17,18). The summed E-state index contributed by atoms with van der Waals surface area (Å²) in [5.74, 6) is -0.101. The van der Waals surface area contributed by atoms with E-state index in [1.165, 1.54) is 13.2 Å². The lowest BCUT2D eigenvalue weighted by atomic mass is 10.0. The van der Waals surface area contributed by atoms with Gasteiger partial charge in [-0.25, -0.2) is 4.79 Å². The SMILES string of the molecule is COc1c(C(=O)O)ccc2cc(OC(=S)N(C)C)ccc12. The zero-order chi connectivity index (χ0) is 15.6. The minimum absolute atomic E-state index is 0.127. The summed E-state index contributed by atoms with van der Waals surface area (Å²) in [5.41, 5.74) is 0.127. The summed E-state index contributed by atoms with van der Waals surface area (Å²) in [6.07, 6.45) is 0. The van der Waals surface area contributed by atoms with Crippen LogP contribution < -0.4 is 9.47 Å². The van der Waals surface area contributed by atoms with Gasteiger partial charge in [0.15, 0.2) is 0 Å². The van der Waals surface area contributed by atoms with Gasteiger partial charge in [-0.15, -0.1) is 0 Å². The Balaban J connectivity index is 2.48. The summed E-state index contributed by atoms with van der Waals surface area (Å²) < 4.78 is 10.8. The number of rotatable bonds is 3. The summed E-state index contributed by atoms with van der Waals surface area (Å²) in [7, 11) is 5.05. The molecule has 0 aliphatic carbocycles. The average molecular weight is 305 g/mol. The number of carboxylic acid groups (broad SMARTS) is 1. The Morgan fingerprint density at radius 3 is 2.52 bits per heavy atom. The normalized spacial score (nSPS) is 10.2. The van der Waals surface area contributed by atoms with Crippen molar-refractivity contribution in [3.8, 4) is 11.5 Å². The van der Waals surface area contributed by atoms with Crippen LogP contribution in [-0.4, -0.2) is 42.4 Å². The zero-order valence-electron chi connectivity index (χ0n) is 11.9. The van der Waals surface area contributed by atoms with E-state index in [1.807, 2.05) is 0 Å². The van der Waals surface area contributed by atoms with Crippen LogP contribution in [0.3, 0.4) is 0 Å². The molecule has 110 valence electrons. The van der Waals surface area contributed by atoms with Gasteiger partial charge >= 0.3 is 5.97 Å². The number of carbonyl (C=O) groups is 1. The van der Waals surface area contributed by atoms with Crippen LogP contribution in [-0.2, 0) is 0 Å². The predicted molar refractivity (Wildman–Crippen MR) is 84.4 cm³/mol. The van der Waals surface area contributed by atoms with Gasteiger partial charge in [0.05, 0.1) is 7.11 Å². The molecule has 0 unspecified atom stereocenters. The molecule has 1 N–H and O–H groups in total. The number of thiocarbonyl (C=S) groups is 1. The first-order valence-electron chi connectivity index (χ1n) is 6.17. The van der Waals surface area contributed by atoms with E-state index in [0.29, 0.717) is 22.1 Å². The number of aromatic carboxylic acids is 1. The summed E-state index contributed by atoms with van der Waals surface area (Å²) in [5, 5.41) is 11.0. The van der Waals surface area contributed by atoms with Crippen LogP contribution in [0.15, 0.2) is 30.3 Å². The van der Waals surface area contributed by atoms with Gasteiger partial charge in [-0.05, 0) is 41.9 Å². The van der Waals surface area contributed by atoms with Crippen LogP contribution in [0.1, 0.15) is 10.4 Å². The van der Waals surface area contributed by atoms with Gasteiger partial charge in [0.25, 0.3) is 5.17 Å². The molecule has 0 amide bonds. The third-order valence-corrected chi connectivity index (χ3v) is 3.40. The zero-order valence-corrected chi connectivity index (χ0v) is 12.7. The number of nitrogens with zero attached hydrogens (tertiary/aromatic N) is 1. The van der Waals surface area contributed by atoms with Crippen molar-refractivity contribution >= 4 is 34.1 Å². The molecule has 0 aliphatic heterocycles. The molecule has 0 radical (unpaired) electrons. The minimum atomic E-state index is -1.03. The van der Waals surface area contributed by atoms with Crippen molar-refractivity contribution in [2.24, 2.45) is 0 Å². The highest BCUT2D eigenvalue weighted by atomic mass is 32.1. The maximum Gasteiger partial charge on any atom is 0.339 e. The van der Waals surface area contributed by atoms with Gasteiger partial charge < -0.3 is 19.5 Å². The van der Waals surface area contributed by atoms with Crippen molar-refractivity contribution in [3.63, 3.8) is 0 Å². The van der Waals surface area contributed by atoms with Crippen LogP contribution >= 0.6 is 12.2 Å². The molecule has 0 heterocycles. The number of ether oxygens (including phenoxy) is 2. The maximum atomic E-state index is 11.2. The average Bonchev–Trinajstić information content (AvgIpc) is 2.45. The van der Waals surface area contributed by atoms with E-state index >= 15 is 0 Å². The number of carboxylic acids is 1. The van der Waals surface area contributed by atoms with Crippen molar-refractivity contribution in [2.75, 3.05) is 21.2 Å². The Kier molecular flexibility index (Phi) is 4.28. The first-order chi connectivity index (χ1) is 9.93. The van der Waals surface area contributed by atoms with Gasteiger partial charge in [0, 0.05) is 19.5 Å². The van der Waals surface area contributed by atoms with E-state index in [2.05, 4.69) is 0 Å². The van der Waals surface area contributed by atoms with E-state index in [-0.39, 0.29) is 5.56 Å². The second kappa shape index (κ2) is 5.97. The molecule has 0 spiro atoms. The van der Waals surface area contributed by atoms with E-state index in [0.717, 1.165) is 5.39 Å². The first kappa shape index (κ1) is 15.1. The highest BCUT2D eigenvalue weighted by molar-refractivity contribution is 7.80. The van der Waals surface area contributed by atoms with Crippen LogP contribution in [0.25, 0.3) is 10.8 Å². The van der Waals surface area contributed by atoms with Crippen LogP contribution in [0.4, 0.5) is 0 Å². The van der Waals surface area contributed by atoms with Gasteiger partial charge in [0.1, 0.15) is 17.1 Å². The number of hydrogen-bond acceptors (Lipinski definition) is 4. The lowest BCUT2D eigenvalue weighted by molar-refractivity contribution is 0.0693. The Bertz CT molecular complexity index is 712. The number of fused-ring (bicyclic) bond motifs is 1. The molecule has 0 bridgehead atoms. The highest BCUT2D eigenvalue weighted by Crippen LogP contribution is 2.32. The fourth-order valence-electron chi connectivity index (χ4n) is 1.92. The molecule has 0 aromatic heterocycles. The number of hydrogen-bond donors (Lipinski definition) is 1. The van der Waals surface area contributed by atoms with Gasteiger partial charge in [0.2, 0.25) is 0 Å². The molecule has 0 saturated carbocycles. The first-order valence-corrected chi connectivity index (χ1v) is 6.58. The lowest BCUT2D eigenvalue weighted by Crippen LogP contribution is -2.24. The molecular weight excluding hydrogens is 290 g/mol. The topological polar surface area (TPSA) is 59.0 Å². The summed E-state index contributed by atoms with van der Waals surface area (Å²) in [4.78, 5) is 12.9. The van der Waals surface area contributed by atoms with Crippen LogP contribution in [0.2, 0.25) is 0 Å². The number of methoxy groups -OCH3 is 1. The van der Waals surface area contributed by atoms with Crippen molar-refractivity contribution in [2.45, 2.75) is 0 Å². The minimum Gasteiger partial charge on any atom is -0.495 e. The van der Waals surface area contributed by atoms with Gasteiger partial charge in [-0.3, -0.25) is 0 Å². The third-order valence-electron chi connectivity index (χ3n) is 2.95. The second-order valence-electron chi connectivity index (χ2n) is 4.60. The third kappa shape index (κ3) is 3.05. The van der Waals surface area contributed by atoms with E-state index in [4.69, 9.17) is 26.8 Å². The Hall–Kier alpha value is -2.34. The molecule has 0 saturated heterocycles. The monoisotopic (exact) mass is 305 g/mol. The smallest absolute Gasteiger partial charge is 0.339 e. The van der Waals surface area contributed by atoms with Crippen molar-refractivity contribution in [3.05, 3.63) is 35.9 Å². The molecule has 0 fully saturated rings. The molecule has 21 heavy (non-hydrogen) atoms. The molecule has 2 aromatic rings. The predicted octanol–water partition coefficient (Wildman–Crippen LogP) is 2.77. The lowest BCUT2D eigenvalue weighted by Gasteiger charge is -2.15. The fraction of sp³-hybridized carbons (Fsp3) is 0.200. The molecule has 5 nitrogen and oxygen atoms in total. The Morgan fingerprint density at radius 1 is 1.24 bits per heavy atom. The quantitative estimate of drug-likeness (QED) is 0.880. The summed E-state index contributed by atoms with van der Waals surface area (Å²) in [6, 6.07) is 8.50. The molecule has 6 heteroatoms. The maximum absolute atomic E-state index is 11.2. The summed E-state index contributed by atoms with van der Waals surface area (Å²) in [6.45, 7) is 0. The fourth-order valence-corrected chi connectivity index (χ4v) is 2.02. The van der Waals surface area contributed by atoms with Crippen LogP contribution in [0.5, 0.6) is 11.5 Å². The van der Waals surface area contributed by atoms with E-state index in [1.54, 1.807) is 43.3 Å². The van der Waals surface area contributed by atoms with Gasteiger partial charge in [-0.2, -0.15) is 0 Å². The molecule has 2 rings (SSSR count). The number of benzene rings is 2. The van der Waals surface area contributed by atoms with Crippen molar-refractivity contribution < 1.29 is 19.4 Å². The highest BCUT2D eigenvalue weighted by Gasteiger charge is 2.14. The second-order valence-corrected chi connectivity index (χ2v) is 4.95. The molecule has 0 aliphatic rings. The van der Waals surface area contributed by atoms with E-state index in [9.17, 15) is 4.79 Å². The molecular formula is C15H15NO4S.